The average molecular weight is 546 g/mol. The minimum Gasteiger partial charge on any atom is -0.377 e. The second-order valence-corrected chi connectivity index (χ2v) is 10.3. The molecule has 1 N–H and O–H groups in total. The summed E-state index contributed by atoms with van der Waals surface area (Å²) in [5.41, 5.74) is 1.70. The Morgan fingerprint density at radius 2 is 1.32 bits per heavy atom. The molecule has 0 aliphatic rings. The summed E-state index contributed by atoms with van der Waals surface area (Å²) < 4.78 is 46.1. The second kappa shape index (κ2) is 17.4. The van der Waals surface area contributed by atoms with Gasteiger partial charge in [0.15, 0.2) is 15.6 Å². The molecule has 1 amide bonds. The Hall–Kier alpha value is -3.07. The monoisotopic (exact) mass is 545 g/mol. The summed E-state index contributed by atoms with van der Waals surface area (Å²) in [4.78, 5) is 25.0. The molecule has 2 rings (SSSR count). The first-order chi connectivity index (χ1) is 18.3. The lowest BCUT2D eigenvalue weighted by Gasteiger charge is -2.08. The number of sulfone groups is 1. The topological polar surface area (TPSA) is 117 Å². The molecule has 0 bridgehead atoms. The van der Waals surface area contributed by atoms with Gasteiger partial charge in [-0.05, 0) is 31.2 Å². The lowest BCUT2D eigenvalue weighted by molar-refractivity contribution is 0.00176. The number of ketones is 1. The summed E-state index contributed by atoms with van der Waals surface area (Å²) in [5, 5.41) is 2.74. The summed E-state index contributed by atoms with van der Waals surface area (Å²) in [6.07, 6.45) is 4.92. The first-order valence-corrected chi connectivity index (χ1v) is 13.9. The van der Waals surface area contributed by atoms with E-state index in [1.165, 1.54) is 24.3 Å². The summed E-state index contributed by atoms with van der Waals surface area (Å²) in [6, 6.07) is 12.7. The highest BCUT2D eigenvalue weighted by molar-refractivity contribution is 7.91. The smallest absolute Gasteiger partial charge is 0.251 e. The second-order valence-electron chi connectivity index (χ2n) is 8.23. The fourth-order valence-corrected chi connectivity index (χ4v) is 4.41. The van der Waals surface area contributed by atoms with Crippen molar-refractivity contribution >= 4 is 21.5 Å². The normalized spacial score (nSPS) is 11.2. The van der Waals surface area contributed by atoms with E-state index in [2.05, 4.69) is 11.2 Å². The van der Waals surface area contributed by atoms with Crippen molar-refractivity contribution < 1.29 is 37.0 Å². The Balaban J connectivity index is 1.58. The maximum atomic E-state index is 12.5. The Morgan fingerprint density at radius 1 is 0.789 bits per heavy atom. The van der Waals surface area contributed by atoms with Crippen LogP contribution in [0.1, 0.15) is 32.7 Å². The minimum atomic E-state index is -3.55. The molecule has 9 nitrogen and oxygen atoms in total. The van der Waals surface area contributed by atoms with Crippen LogP contribution in [0.25, 0.3) is 0 Å². The van der Waals surface area contributed by atoms with E-state index >= 15 is 0 Å². The SMILES string of the molecule is C#CCOCCOCCOCCOCCNC(=O)c1ccc(C(=O)CCS(=O)(=O)c2ccc(C)cc2)cc1. The molecular weight excluding hydrogens is 510 g/mol. The predicted octanol–water partition coefficient (Wildman–Crippen LogP) is 2.47. The third-order valence-electron chi connectivity index (χ3n) is 5.28. The van der Waals surface area contributed by atoms with Crippen LogP contribution in [-0.2, 0) is 28.8 Å². The van der Waals surface area contributed by atoms with E-state index in [-0.39, 0.29) is 35.4 Å². The van der Waals surface area contributed by atoms with Crippen molar-refractivity contribution in [1.29, 1.82) is 0 Å². The fraction of sp³-hybridized carbons (Fsp3) is 0.429. The number of carbonyl (C=O) groups is 2. The number of hydrogen-bond donors (Lipinski definition) is 1. The maximum absolute atomic E-state index is 12.5. The van der Waals surface area contributed by atoms with Crippen molar-refractivity contribution in [3.8, 4) is 12.3 Å². The van der Waals surface area contributed by atoms with Crippen LogP contribution >= 0.6 is 0 Å². The van der Waals surface area contributed by atoms with Gasteiger partial charge in [-0.25, -0.2) is 8.42 Å². The largest absolute Gasteiger partial charge is 0.377 e. The molecule has 2 aromatic rings. The molecule has 0 aromatic heterocycles. The van der Waals surface area contributed by atoms with E-state index in [4.69, 9.17) is 25.4 Å². The fourth-order valence-electron chi connectivity index (χ4n) is 3.17. The number of rotatable bonds is 19. The Labute approximate surface area is 224 Å². The van der Waals surface area contributed by atoms with Crippen molar-refractivity contribution in [1.82, 2.24) is 5.32 Å². The Kier molecular flexibility index (Phi) is 14.3. The van der Waals surface area contributed by atoms with Gasteiger partial charge < -0.3 is 24.3 Å². The first kappa shape index (κ1) is 31.1. The lowest BCUT2D eigenvalue weighted by Crippen LogP contribution is -2.27. The average Bonchev–Trinajstić information content (AvgIpc) is 2.92. The molecule has 206 valence electrons. The molecule has 0 spiro atoms. The van der Waals surface area contributed by atoms with Crippen LogP contribution < -0.4 is 5.32 Å². The molecule has 2 aromatic carbocycles. The number of benzene rings is 2. The molecule has 0 atom stereocenters. The van der Waals surface area contributed by atoms with Crippen LogP contribution in [-0.4, -0.2) is 85.3 Å². The van der Waals surface area contributed by atoms with E-state index in [0.29, 0.717) is 63.9 Å². The summed E-state index contributed by atoms with van der Waals surface area (Å²) in [6.45, 7) is 5.38. The van der Waals surface area contributed by atoms with E-state index in [0.717, 1.165) is 5.56 Å². The van der Waals surface area contributed by atoms with Gasteiger partial charge in [0.05, 0.1) is 56.9 Å². The zero-order chi connectivity index (χ0) is 27.6. The molecule has 0 fully saturated rings. The number of hydrogen-bond acceptors (Lipinski definition) is 8. The zero-order valence-electron chi connectivity index (χ0n) is 21.6. The van der Waals surface area contributed by atoms with Gasteiger partial charge in [-0.2, -0.15) is 0 Å². The number of terminal acetylenes is 1. The summed E-state index contributed by atoms with van der Waals surface area (Å²) in [7, 11) is -3.55. The van der Waals surface area contributed by atoms with Crippen LogP contribution in [0.4, 0.5) is 0 Å². The van der Waals surface area contributed by atoms with Crippen LogP contribution in [0, 0.1) is 19.3 Å². The van der Waals surface area contributed by atoms with Crippen molar-refractivity contribution in [3.05, 3.63) is 65.2 Å². The van der Waals surface area contributed by atoms with Crippen LogP contribution in [0.2, 0.25) is 0 Å². The Morgan fingerprint density at radius 3 is 1.89 bits per heavy atom. The van der Waals surface area contributed by atoms with E-state index in [9.17, 15) is 18.0 Å². The van der Waals surface area contributed by atoms with Crippen molar-refractivity contribution in [2.45, 2.75) is 18.2 Å². The quantitative estimate of drug-likeness (QED) is 0.163. The van der Waals surface area contributed by atoms with Crippen LogP contribution in [0.3, 0.4) is 0 Å². The molecule has 0 radical (unpaired) electrons. The molecule has 0 saturated carbocycles. The molecular formula is C28H35NO8S. The van der Waals surface area contributed by atoms with Gasteiger partial charge >= 0.3 is 0 Å². The molecule has 0 unspecified atom stereocenters. The number of aryl methyl sites for hydroxylation is 1. The standard InChI is InChI=1S/C28H35NO8S/c1-3-14-34-16-18-36-20-21-37-19-17-35-15-13-29-28(31)25-8-6-24(7-9-25)27(30)12-22-38(32,33)26-10-4-23(2)5-11-26/h1,4-11H,12-22H2,2H3,(H,29,31). The van der Waals surface area contributed by atoms with Crippen molar-refractivity contribution in [2.24, 2.45) is 0 Å². The van der Waals surface area contributed by atoms with Gasteiger partial charge in [-0.1, -0.05) is 35.7 Å². The van der Waals surface area contributed by atoms with Crippen LogP contribution in [0.5, 0.6) is 0 Å². The summed E-state index contributed by atoms with van der Waals surface area (Å²) in [5.74, 6) is 1.50. The predicted molar refractivity (Wildman–Crippen MR) is 143 cm³/mol. The maximum Gasteiger partial charge on any atom is 0.251 e. The molecule has 0 aliphatic carbocycles. The number of amides is 1. The molecule has 10 heteroatoms. The zero-order valence-corrected chi connectivity index (χ0v) is 22.5. The van der Waals surface area contributed by atoms with Gasteiger partial charge in [0.1, 0.15) is 6.61 Å². The first-order valence-electron chi connectivity index (χ1n) is 12.3. The van der Waals surface area contributed by atoms with Gasteiger partial charge in [0.25, 0.3) is 5.91 Å². The minimum absolute atomic E-state index is 0.141. The highest BCUT2D eigenvalue weighted by atomic mass is 32.2. The van der Waals surface area contributed by atoms with E-state index < -0.39 is 9.84 Å². The number of ether oxygens (including phenoxy) is 4. The van der Waals surface area contributed by atoms with E-state index in [1.807, 2.05) is 6.92 Å². The van der Waals surface area contributed by atoms with Gasteiger partial charge in [-0.15, -0.1) is 6.42 Å². The summed E-state index contributed by atoms with van der Waals surface area (Å²) >= 11 is 0. The third-order valence-corrected chi connectivity index (χ3v) is 7.01. The number of nitrogens with one attached hydrogen (secondary N) is 1. The van der Waals surface area contributed by atoms with E-state index in [1.54, 1.807) is 24.3 Å². The molecule has 38 heavy (non-hydrogen) atoms. The number of Topliss-reactive ketones (excluding diaryl/α,β-unsaturated/α-hetero) is 1. The Bertz CT molecular complexity index is 1140. The third kappa shape index (κ3) is 12.0. The van der Waals surface area contributed by atoms with Crippen LogP contribution in [0.15, 0.2) is 53.4 Å². The van der Waals surface area contributed by atoms with Gasteiger partial charge in [-0.3, -0.25) is 9.59 Å². The number of carbonyl (C=O) groups excluding carboxylic acids is 2. The van der Waals surface area contributed by atoms with Crippen molar-refractivity contribution in [2.75, 3.05) is 65.2 Å². The lowest BCUT2D eigenvalue weighted by atomic mass is 10.1. The molecule has 0 saturated heterocycles. The molecule has 0 heterocycles. The van der Waals surface area contributed by atoms with Crippen molar-refractivity contribution in [3.63, 3.8) is 0 Å². The molecule has 0 aliphatic heterocycles. The van der Waals surface area contributed by atoms with Gasteiger partial charge in [0.2, 0.25) is 0 Å². The highest BCUT2D eigenvalue weighted by Gasteiger charge is 2.17. The van der Waals surface area contributed by atoms with Gasteiger partial charge in [0, 0.05) is 24.1 Å². The highest BCUT2D eigenvalue weighted by Crippen LogP contribution is 2.15.